The number of nitrogens with one attached hydrogen (secondary N) is 1. The molecule has 2 saturated heterocycles. The number of thiophene rings is 1. The Balaban J connectivity index is 0.937. The molecule has 1 N–H and O–H groups in total. The van der Waals surface area contributed by atoms with Gasteiger partial charge in [0.2, 0.25) is 5.95 Å². The number of anilines is 3. The van der Waals surface area contributed by atoms with Crippen molar-refractivity contribution < 1.29 is 18.7 Å². The van der Waals surface area contributed by atoms with Crippen molar-refractivity contribution in [3.05, 3.63) is 70.7 Å². The summed E-state index contributed by atoms with van der Waals surface area (Å²) in [7, 11) is 3.46. The minimum atomic E-state index is -0.466. The lowest BCUT2D eigenvalue weighted by molar-refractivity contribution is 0.0663. The van der Waals surface area contributed by atoms with Crippen molar-refractivity contribution in [1.29, 1.82) is 0 Å². The van der Waals surface area contributed by atoms with Gasteiger partial charge in [-0.1, -0.05) is 43.2 Å². The molecule has 13 heteroatoms. The fourth-order valence-electron chi connectivity index (χ4n) is 7.36. The molecule has 0 radical (unpaired) electrons. The standard InChI is InChI=1S/C36H43FN8O3S/c1-42(2)34(46)32-29(25-10-6-7-11-25)30-28(49-32)22-38-33(31(30)37)41-35-39-20-27(21-40-35)44-18-16-43(17-19-44)26-12-14-45(15-13-26)36(47)48-23-24-8-4-3-5-9-24/h3-5,8-9,20-22,25-26H,6-7,10-19,23H2,1-2H3,(H,38,39,40,41). The lowest BCUT2D eigenvalue weighted by Crippen LogP contribution is -2.53. The highest BCUT2D eigenvalue weighted by Gasteiger charge is 2.32. The van der Waals surface area contributed by atoms with Crippen LogP contribution in [0.2, 0.25) is 0 Å². The summed E-state index contributed by atoms with van der Waals surface area (Å²) in [6.45, 7) is 5.22. The molecule has 7 rings (SSSR count). The minimum Gasteiger partial charge on any atom is -0.445 e. The molecule has 0 spiro atoms. The smallest absolute Gasteiger partial charge is 0.410 e. The number of fused-ring (bicyclic) bond motifs is 1. The van der Waals surface area contributed by atoms with Gasteiger partial charge in [-0.15, -0.1) is 11.3 Å². The Bertz CT molecular complexity index is 1760. The SMILES string of the molecule is CN(C)C(=O)c1sc2cnc(Nc3ncc(N4CCN(C5CCN(C(=O)OCc6ccccc6)CC5)CC4)cn3)c(F)c2c1C1CCCC1. The second-order valence-electron chi connectivity index (χ2n) is 13.4. The van der Waals surface area contributed by atoms with Crippen LogP contribution >= 0.6 is 11.3 Å². The number of aromatic nitrogens is 3. The second-order valence-corrected chi connectivity index (χ2v) is 14.4. The molecule has 0 atom stereocenters. The van der Waals surface area contributed by atoms with Gasteiger partial charge in [0.05, 0.1) is 27.7 Å². The number of piperidine rings is 1. The summed E-state index contributed by atoms with van der Waals surface area (Å²) in [6, 6.07) is 10.2. The number of rotatable bonds is 8. The number of hydrogen-bond donors (Lipinski definition) is 1. The van der Waals surface area contributed by atoms with Gasteiger partial charge in [0, 0.05) is 71.0 Å². The van der Waals surface area contributed by atoms with E-state index in [1.165, 1.54) is 11.3 Å². The average molecular weight is 687 g/mol. The third-order valence-electron chi connectivity index (χ3n) is 10.1. The van der Waals surface area contributed by atoms with E-state index in [2.05, 4.69) is 30.1 Å². The quantitative estimate of drug-likeness (QED) is 0.230. The Kier molecular flexibility index (Phi) is 9.90. The van der Waals surface area contributed by atoms with E-state index in [-0.39, 0.29) is 29.7 Å². The number of pyridine rings is 1. The lowest BCUT2D eigenvalue weighted by atomic mass is 9.94. The molecule has 5 heterocycles. The summed E-state index contributed by atoms with van der Waals surface area (Å²) in [5.74, 6) is -0.0732. The number of carbonyl (C=O) groups excluding carboxylic acids is 2. The van der Waals surface area contributed by atoms with Crippen LogP contribution in [0.5, 0.6) is 0 Å². The molecule has 11 nitrogen and oxygen atoms in total. The van der Waals surface area contributed by atoms with Crippen LogP contribution in [0.4, 0.5) is 26.6 Å². The third kappa shape index (κ3) is 7.18. The van der Waals surface area contributed by atoms with Gasteiger partial charge >= 0.3 is 6.09 Å². The molecule has 1 aliphatic carbocycles. The van der Waals surface area contributed by atoms with E-state index < -0.39 is 5.82 Å². The summed E-state index contributed by atoms with van der Waals surface area (Å²) in [5.41, 5.74) is 2.73. The van der Waals surface area contributed by atoms with Crippen molar-refractivity contribution in [2.45, 2.75) is 57.1 Å². The molecule has 49 heavy (non-hydrogen) atoms. The fourth-order valence-corrected chi connectivity index (χ4v) is 8.63. The van der Waals surface area contributed by atoms with Gasteiger partial charge < -0.3 is 24.8 Å². The first kappa shape index (κ1) is 33.2. The van der Waals surface area contributed by atoms with E-state index in [0.717, 1.165) is 81.5 Å². The maximum atomic E-state index is 16.1. The van der Waals surface area contributed by atoms with Crippen molar-refractivity contribution >= 4 is 50.9 Å². The molecule has 3 fully saturated rings. The van der Waals surface area contributed by atoms with Gasteiger partial charge in [-0.3, -0.25) is 9.69 Å². The predicted molar refractivity (Wildman–Crippen MR) is 189 cm³/mol. The second kappa shape index (κ2) is 14.6. The first-order valence-corrected chi connectivity index (χ1v) is 18.0. The molecule has 4 aromatic rings. The summed E-state index contributed by atoms with van der Waals surface area (Å²) >= 11 is 1.32. The third-order valence-corrected chi connectivity index (χ3v) is 11.2. The largest absolute Gasteiger partial charge is 0.445 e. The Morgan fingerprint density at radius 1 is 0.939 bits per heavy atom. The predicted octanol–water partition coefficient (Wildman–Crippen LogP) is 6.25. The summed E-state index contributed by atoms with van der Waals surface area (Å²) in [6.07, 6.45) is 10.9. The van der Waals surface area contributed by atoms with Crippen LogP contribution in [0.25, 0.3) is 10.1 Å². The van der Waals surface area contributed by atoms with Crippen molar-refractivity contribution in [1.82, 2.24) is 29.7 Å². The molecule has 1 saturated carbocycles. The Labute approximate surface area is 290 Å². The molecule has 2 amide bonds. The number of ether oxygens (including phenoxy) is 1. The van der Waals surface area contributed by atoms with Gasteiger partial charge in [0.1, 0.15) is 6.61 Å². The van der Waals surface area contributed by atoms with Crippen molar-refractivity contribution in [2.24, 2.45) is 0 Å². The number of nitrogens with zero attached hydrogens (tertiary/aromatic N) is 7. The Morgan fingerprint density at radius 3 is 2.31 bits per heavy atom. The van der Waals surface area contributed by atoms with Gasteiger partial charge in [-0.05, 0) is 42.7 Å². The number of carbonyl (C=O) groups is 2. The Hall–Kier alpha value is -4.36. The Morgan fingerprint density at radius 2 is 1.63 bits per heavy atom. The minimum absolute atomic E-state index is 0.0604. The van der Waals surface area contributed by atoms with Gasteiger partial charge in [0.25, 0.3) is 5.91 Å². The number of halogens is 1. The first-order chi connectivity index (χ1) is 23.9. The number of hydrogen-bond acceptors (Lipinski definition) is 10. The van der Waals surface area contributed by atoms with E-state index >= 15 is 4.39 Å². The monoisotopic (exact) mass is 686 g/mol. The van der Waals surface area contributed by atoms with Crippen LogP contribution in [0.1, 0.15) is 65.2 Å². The van der Waals surface area contributed by atoms with E-state index in [1.54, 1.807) is 37.6 Å². The van der Waals surface area contributed by atoms with Crippen LogP contribution in [0, 0.1) is 5.82 Å². The van der Waals surface area contributed by atoms with Gasteiger partial charge in [-0.2, -0.15) is 0 Å². The number of piperazine rings is 1. The molecular formula is C36H43FN8O3S. The van der Waals surface area contributed by atoms with Crippen LogP contribution in [0.15, 0.2) is 48.9 Å². The first-order valence-electron chi connectivity index (χ1n) is 17.2. The summed E-state index contributed by atoms with van der Waals surface area (Å²) in [5, 5.41) is 3.48. The number of amides is 2. The summed E-state index contributed by atoms with van der Waals surface area (Å²) in [4.78, 5) is 47.8. The van der Waals surface area contributed by atoms with E-state index in [0.29, 0.717) is 40.7 Å². The van der Waals surface area contributed by atoms with Crippen molar-refractivity contribution in [3.63, 3.8) is 0 Å². The highest BCUT2D eigenvalue weighted by atomic mass is 32.1. The lowest BCUT2D eigenvalue weighted by Gasteiger charge is -2.43. The molecule has 258 valence electrons. The van der Waals surface area contributed by atoms with Crippen LogP contribution in [0.3, 0.4) is 0 Å². The zero-order valence-corrected chi connectivity index (χ0v) is 28.9. The molecule has 1 aromatic carbocycles. The molecule has 2 aliphatic heterocycles. The highest BCUT2D eigenvalue weighted by Crippen LogP contribution is 2.45. The van der Waals surface area contributed by atoms with Crippen LogP contribution in [-0.2, 0) is 11.3 Å². The number of benzene rings is 1. The zero-order valence-electron chi connectivity index (χ0n) is 28.1. The van der Waals surface area contributed by atoms with Crippen LogP contribution in [-0.4, -0.2) is 101 Å². The fraction of sp³-hybridized carbons (Fsp3) is 0.472. The molecular weight excluding hydrogens is 644 g/mol. The number of likely N-dealkylation sites (tertiary alicyclic amines) is 1. The summed E-state index contributed by atoms with van der Waals surface area (Å²) < 4.78 is 22.3. The van der Waals surface area contributed by atoms with Gasteiger partial charge in [0.15, 0.2) is 11.6 Å². The molecule has 3 aromatic heterocycles. The van der Waals surface area contributed by atoms with Gasteiger partial charge in [-0.25, -0.2) is 24.1 Å². The van der Waals surface area contributed by atoms with E-state index in [1.807, 2.05) is 35.2 Å². The zero-order chi connectivity index (χ0) is 33.9. The topological polar surface area (TPSA) is 107 Å². The van der Waals surface area contributed by atoms with Crippen molar-refractivity contribution in [2.75, 3.05) is 63.6 Å². The maximum Gasteiger partial charge on any atom is 0.410 e. The molecule has 0 unspecified atom stereocenters. The average Bonchev–Trinajstić information content (AvgIpc) is 3.81. The maximum absolute atomic E-state index is 16.1. The van der Waals surface area contributed by atoms with Crippen LogP contribution < -0.4 is 10.2 Å². The molecule has 0 bridgehead atoms. The van der Waals surface area contributed by atoms with E-state index in [4.69, 9.17) is 4.74 Å². The van der Waals surface area contributed by atoms with E-state index in [9.17, 15) is 9.59 Å². The van der Waals surface area contributed by atoms with Crippen molar-refractivity contribution in [3.8, 4) is 0 Å². The highest BCUT2D eigenvalue weighted by molar-refractivity contribution is 7.21. The normalized spacial score (nSPS) is 17.9. The molecule has 3 aliphatic rings.